The highest BCUT2D eigenvalue weighted by molar-refractivity contribution is 5.95. The van der Waals surface area contributed by atoms with Crippen LogP contribution in [0.3, 0.4) is 0 Å². The van der Waals surface area contributed by atoms with Crippen LogP contribution < -0.4 is 16.0 Å². The highest BCUT2D eigenvalue weighted by atomic mass is 16.6. The van der Waals surface area contributed by atoms with Gasteiger partial charge in [0.15, 0.2) is 0 Å². The van der Waals surface area contributed by atoms with Crippen molar-refractivity contribution < 1.29 is 19.1 Å². The Morgan fingerprint density at radius 3 is 2.46 bits per heavy atom. The molecule has 2 aromatic carbocycles. The first kappa shape index (κ1) is 19.9. The van der Waals surface area contributed by atoms with E-state index in [-0.39, 0.29) is 18.0 Å². The summed E-state index contributed by atoms with van der Waals surface area (Å²) in [5.74, 6) is -0.138. The number of hydrogen-bond acceptors (Lipinski definition) is 4. The van der Waals surface area contributed by atoms with Crippen molar-refractivity contribution in [3.8, 4) is 0 Å². The average Bonchev–Trinajstić information content (AvgIpc) is 2.74. The van der Waals surface area contributed by atoms with E-state index in [1.54, 1.807) is 24.3 Å². The summed E-state index contributed by atoms with van der Waals surface area (Å²) in [5, 5.41) is 8.38. The SMILES string of the molecule is O=C(NC[C@@H]1COCCO1)Nc1ccc(C(=O)NCCc2ccccc2)cc1. The van der Waals surface area contributed by atoms with Gasteiger partial charge in [-0.1, -0.05) is 30.3 Å². The molecule has 3 amide bonds. The number of urea groups is 1. The Balaban J connectivity index is 1.39. The van der Waals surface area contributed by atoms with E-state index in [1.807, 2.05) is 30.3 Å². The lowest BCUT2D eigenvalue weighted by Gasteiger charge is -2.23. The minimum atomic E-state index is -0.325. The Hall–Kier alpha value is -2.90. The van der Waals surface area contributed by atoms with E-state index in [9.17, 15) is 9.59 Å². The van der Waals surface area contributed by atoms with Crippen LogP contribution in [0.25, 0.3) is 0 Å². The monoisotopic (exact) mass is 383 g/mol. The van der Waals surface area contributed by atoms with Gasteiger partial charge >= 0.3 is 6.03 Å². The van der Waals surface area contributed by atoms with Crippen LogP contribution in [0, 0.1) is 0 Å². The minimum Gasteiger partial charge on any atom is -0.376 e. The molecule has 1 aliphatic rings. The third-order valence-corrected chi connectivity index (χ3v) is 4.32. The predicted octanol–water partition coefficient (Wildman–Crippen LogP) is 2.20. The topological polar surface area (TPSA) is 88.7 Å². The number of hydrogen-bond donors (Lipinski definition) is 3. The van der Waals surface area contributed by atoms with Gasteiger partial charge in [-0.25, -0.2) is 4.79 Å². The molecule has 1 fully saturated rings. The van der Waals surface area contributed by atoms with Gasteiger partial charge in [0.2, 0.25) is 0 Å². The van der Waals surface area contributed by atoms with E-state index in [1.165, 1.54) is 5.56 Å². The molecule has 148 valence electrons. The normalized spacial score (nSPS) is 16.2. The summed E-state index contributed by atoms with van der Waals surface area (Å²) in [6, 6.07) is 16.4. The zero-order valence-electron chi connectivity index (χ0n) is 15.6. The molecule has 0 spiro atoms. The smallest absolute Gasteiger partial charge is 0.319 e. The molecular weight excluding hydrogens is 358 g/mol. The van der Waals surface area contributed by atoms with Crippen LogP contribution in [-0.4, -0.2) is 51.0 Å². The Morgan fingerprint density at radius 2 is 1.75 bits per heavy atom. The highest BCUT2D eigenvalue weighted by Crippen LogP contribution is 2.10. The Bertz CT molecular complexity index is 759. The molecular formula is C21H25N3O4. The van der Waals surface area contributed by atoms with Crippen molar-refractivity contribution in [2.45, 2.75) is 12.5 Å². The summed E-state index contributed by atoms with van der Waals surface area (Å²) in [6.07, 6.45) is 0.656. The Kier molecular flexibility index (Phi) is 7.40. The van der Waals surface area contributed by atoms with E-state index in [4.69, 9.17) is 9.47 Å². The third kappa shape index (κ3) is 6.37. The minimum absolute atomic E-state index is 0.124. The standard InChI is InChI=1S/C21H25N3O4/c25-20(22-11-10-16-4-2-1-3-5-16)17-6-8-18(9-7-17)24-21(26)23-14-19-15-27-12-13-28-19/h1-9,19H,10-15H2,(H,22,25)(H2,23,24,26)/t19-/m1/s1. The van der Waals surface area contributed by atoms with Gasteiger partial charge in [0.05, 0.1) is 25.9 Å². The van der Waals surface area contributed by atoms with Crippen molar-refractivity contribution in [1.82, 2.24) is 10.6 Å². The first-order chi connectivity index (χ1) is 13.7. The lowest BCUT2D eigenvalue weighted by Crippen LogP contribution is -2.41. The van der Waals surface area contributed by atoms with Gasteiger partial charge in [0.1, 0.15) is 0 Å². The van der Waals surface area contributed by atoms with E-state index in [0.29, 0.717) is 44.2 Å². The van der Waals surface area contributed by atoms with Crippen LogP contribution in [-0.2, 0) is 15.9 Å². The van der Waals surface area contributed by atoms with Gasteiger partial charge < -0.3 is 25.4 Å². The van der Waals surface area contributed by atoms with Crippen LogP contribution in [0.1, 0.15) is 15.9 Å². The molecule has 1 saturated heterocycles. The molecule has 7 heteroatoms. The van der Waals surface area contributed by atoms with Gasteiger partial charge in [-0.15, -0.1) is 0 Å². The maximum atomic E-state index is 12.2. The van der Waals surface area contributed by atoms with Crippen molar-refractivity contribution in [2.24, 2.45) is 0 Å². The predicted molar refractivity (Wildman–Crippen MR) is 107 cm³/mol. The van der Waals surface area contributed by atoms with Gasteiger partial charge in [0.25, 0.3) is 5.91 Å². The molecule has 0 unspecified atom stereocenters. The van der Waals surface area contributed by atoms with Crippen LogP contribution in [0.4, 0.5) is 10.5 Å². The van der Waals surface area contributed by atoms with E-state index in [2.05, 4.69) is 16.0 Å². The van der Waals surface area contributed by atoms with Gasteiger partial charge in [-0.05, 0) is 36.2 Å². The van der Waals surface area contributed by atoms with Crippen LogP contribution in [0.15, 0.2) is 54.6 Å². The quantitative estimate of drug-likeness (QED) is 0.684. The molecule has 28 heavy (non-hydrogen) atoms. The fourth-order valence-electron chi connectivity index (χ4n) is 2.81. The average molecular weight is 383 g/mol. The fraction of sp³-hybridized carbons (Fsp3) is 0.333. The lowest BCUT2D eigenvalue weighted by atomic mass is 10.1. The Labute approximate surface area is 164 Å². The number of rotatable bonds is 7. The number of benzene rings is 2. The first-order valence-electron chi connectivity index (χ1n) is 9.37. The molecule has 2 aromatic rings. The molecule has 1 aliphatic heterocycles. The van der Waals surface area contributed by atoms with Crippen molar-refractivity contribution >= 4 is 17.6 Å². The number of carbonyl (C=O) groups excluding carboxylic acids is 2. The van der Waals surface area contributed by atoms with E-state index < -0.39 is 0 Å². The van der Waals surface area contributed by atoms with Gasteiger partial charge in [-0.3, -0.25) is 4.79 Å². The number of anilines is 1. The summed E-state index contributed by atoms with van der Waals surface area (Å²) in [6.45, 7) is 2.57. The molecule has 0 aliphatic carbocycles. The van der Waals surface area contributed by atoms with Crippen molar-refractivity contribution in [3.05, 3.63) is 65.7 Å². The van der Waals surface area contributed by atoms with Crippen LogP contribution in [0.2, 0.25) is 0 Å². The van der Waals surface area contributed by atoms with Crippen molar-refractivity contribution in [1.29, 1.82) is 0 Å². The van der Waals surface area contributed by atoms with E-state index >= 15 is 0 Å². The van der Waals surface area contributed by atoms with Gasteiger partial charge in [0, 0.05) is 24.3 Å². The van der Waals surface area contributed by atoms with Gasteiger partial charge in [-0.2, -0.15) is 0 Å². The second-order valence-electron chi connectivity index (χ2n) is 6.47. The zero-order chi connectivity index (χ0) is 19.6. The summed E-state index contributed by atoms with van der Waals surface area (Å²) in [5.41, 5.74) is 2.34. The molecule has 0 bridgehead atoms. The molecule has 0 saturated carbocycles. The summed E-state index contributed by atoms with van der Waals surface area (Å²) in [4.78, 5) is 24.2. The van der Waals surface area contributed by atoms with Crippen molar-refractivity contribution in [3.63, 3.8) is 0 Å². The Morgan fingerprint density at radius 1 is 0.964 bits per heavy atom. The van der Waals surface area contributed by atoms with Crippen LogP contribution in [0.5, 0.6) is 0 Å². The summed E-state index contributed by atoms with van der Waals surface area (Å²) < 4.78 is 10.8. The molecule has 1 atom stereocenters. The third-order valence-electron chi connectivity index (χ3n) is 4.32. The zero-order valence-corrected chi connectivity index (χ0v) is 15.6. The largest absolute Gasteiger partial charge is 0.376 e. The lowest BCUT2D eigenvalue weighted by molar-refractivity contribution is -0.0852. The second-order valence-corrected chi connectivity index (χ2v) is 6.47. The first-order valence-corrected chi connectivity index (χ1v) is 9.37. The molecule has 0 aromatic heterocycles. The number of ether oxygens (including phenoxy) is 2. The molecule has 3 N–H and O–H groups in total. The second kappa shape index (κ2) is 10.4. The highest BCUT2D eigenvalue weighted by Gasteiger charge is 2.15. The maximum absolute atomic E-state index is 12.2. The summed E-state index contributed by atoms with van der Waals surface area (Å²) in [7, 11) is 0. The van der Waals surface area contributed by atoms with E-state index in [0.717, 1.165) is 6.42 Å². The number of nitrogens with one attached hydrogen (secondary N) is 3. The maximum Gasteiger partial charge on any atom is 0.319 e. The molecule has 1 heterocycles. The number of amides is 3. The molecule has 3 rings (SSSR count). The summed E-state index contributed by atoms with van der Waals surface area (Å²) >= 11 is 0. The molecule has 0 radical (unpaired) electrons. The number of carbonyl (C=O) groups is 2. The van der Waals surface area contributed by atoms with Crippen molar-refractivity contribution in [2.75, 3.05) is 38.2 Å². The van der Waals surface area contributed by atoms with Crippen LogP contribution >= 0.6 is 0 Å². The molecule has 7 nitrogen and oxygen atoms in total. The fourth-order valence-corrected chi connectivity index (χ4v) is 2.81.